The first-order valence-corrected chi connectivity index (χ1v) is 7.34. The van der Waals surface area contributed by atoms with E-state index in [-0.39, 0.29) is 5.91 Å². The number of nitrogens with zero attached hydrogens (tertiary/aromatic N) is 1. The summed E-state index contributed by atoms with van der Waals surface area (Å²) in [7, 11) is 0. The van der Waals surface area contributed by atoms with E-state index in [0.717, 1.165) is 36.6 Å². The van der Waals surface area contributed by atoms with Crippen LogP contribution in [-0.4, -0.2) is 17.4 Å². The number of hydrogen-bond donors (Lipinski definition) is 2. The lowest BCUT2D eigenvalue weighted by molar-refractivity contribution is 0.102. The minimum absolute atomic E-state index is 0.111. The fraction of sp³-hybridized carbons (Fsp3) is 0.294. The zero-order valence-corrected chi connectivity index (χ0v) is 12.5. The molecule has 0 saturated carbocycles. The van der Waals surface area contributed by atoms with E-state index in [1.165, 1.54) is 0 Å². The predicted molar refractivity (Wildman–Crippen MR) is 86.8 cm³/mol. The normalized spacial score (nSPS) is 10.2. The molecule has 1 amide bonds. The van der Waals surface area contributed by atoms with Crippen molar-refractivity contribution in [3.63, 3.8) is 0 Å². The van der Waals surface area contributed by atoms with Crippen molar-refractivity contribution in [1.82, 2.24) is 4.98 Å². The molecule has 0 aliphatic rings. The number of aryl methyl sites for hydroxylation is 1. The third-order valence-corrected chi connectivity index (χ3v) is 3.04. The lowest BCUT2D eigenvalue weighted by Crippen LogP contribution is -2.14. The number of benzene rings is 1. The highest BCUT2D eigenvalue weighted by molar-refractivity contribution is 6.04. The molecule has 2 N–H and O–H groups in total. The molecular formula is C17H21N3O. The quantitative estimate of drug-likeness (QED) is 0.849. The van der Waals surface area contributed by atoms with Crippen molar-refractivity contribution < 1.29 is 4.79 Å². The van der Waals surface area contributed by atoms with E-state index in [9.17, 15) is 4.79 Å². The van der Waals surface area contributed by atoms with Gasteiger partial charge in [0.05, 0.1) is 0 Å². The van der Waals surface area contributed by atoms with Crippen molar-refractivity contribution in [1.29, 1.82) is 0 Å². The van der Waals surface area contributed by atoms with Gasteiger partial charge in [0.2, 0.25) is 0 Å². The second kappa shape index (κ2) is 7.43. The fourth-order valence-electron chi connectivity index (χ4n) is 2.10. The van der Waals surface area contributed by atoms with Crippen LogP contribution < -0.4 is 10.6 Å². The Morgan fingerprint density at radius 3 is 2.57 bits per heavy atom. The highest BCUT2D eigenvalue weighted by Gasteiger charge is 2.10. The molecular weight excluding hydrogens is 262 g/mol. The smallest absolute Gasteiger partial charge is 0.255 e. The molecule has 0 unspecified atom stereocenters. The van der Waals surface area contributed by atoms with Gasteiger partial charge in [0.25, 0.3) is 5.91 Å². The number of carbonyl (C=O) groups is 1. The largest absolute Gasteiger partial charge is 0.370 e. The maximum atomic E-state index is 12.4. The Hall–Kier alpha value is -2.36. The van der Waals surface area contributed by atoms with Gasteiger partial charge in [-0.2, -0.15) is 0 Å². The van der Waals surface area contributed by atoms with Crippen molar-refractivity contribution in [2.75, 3.05) is 17.2 Å². The lowest BCUT2D eigenvalue weighted by atomic mass is 10.1. The van der Waals surface area contributed by atoms with E-state index < -0.39 is 0 Å². The summed E-state index contributed by atoms with van der Waals surface area (Å²) in [6.07, 6.45) is 1.87. The Kier molecular flexibility index (Phi) is 5.32. The number of amides is 1. The number of hydrogen-bond acceptors (Lipinski definition) is 3. The van der Waals surface area contributed by atoms with Crippen LogP contribution in [0.15, 0.2) is 42.5 Å². The van der Waals surface area contributed by atoms with Crippen LogP contribution in [-0.2, 0) is 6.42 Å². The van der Waals surface area contributed by atoms with Gasteiger partial charge in [-0.25, -0.2) is 4.98 Å². The Morgan fingerprint density at radius 2 is 1.90 bits per heavy atom. The number of nitrogens with one attached hydrogen (secondary N) is 2. The molecule has 0 aliphatic carbocycles. The molecule has 110 valence electrons. The van der Waals surface area contributed by atoms with Crippen molar-refractivity contribution >= 4 is 17.4 Å². The number of para-hydroxylation sites is 1. The molecule has 0 bridgehead atoms. The molecule has 0 fully saturated rings. The van der Waals surface area contributed by atoms with Crippen LogP contribution in [0.25, 0.3) is 0 Å². The standard InChI is InChI=1S/C17H21N3O/c1-3-8-15-11-13(12-16(19-15)18-4-2)17(21)20-14-9-6-5-7-10-14/h5-7,9-12H,3-4,8H2,1-2H3,(H,18,19)(H,20,21). The van der Waals surface area contributed by atoms with Gasteiger partial charge in [0.15, 0.2) is 0 Å². The minimum atomic E-state index is -0.111. The SMILES string of the molecule is CCCc1cc(C(=O)Nc2ccccc2)cc(NCC)n1. The van der Waals surface area contributed by atoms with Gasteiger partial charge in [-0.1, -0.05) is 31.5 Å². The molecule has 0 atom stereocenters. The summed E-state index contributed by atoms with van der Waals surface area (Å²) in [5.74, 6) is 0.641. The number of aromatic nitrogens is 1. The Morgan fingerprint density at radius 1 is 1.14 bits per heavy atom. The second-order valence-electron chi connectivity index (χ2n) is 4.83. The van der Waals surface area contributed by atoms with Crippen molar-refractivity contribution in [3.05, 3.63) is 53.7 Å². The van der Waals surface area contributed by atoms with E-state index in [1.807, 2.05) is 43.3 Å². The van der Waals surface area contributed by atoms with Gasteiger partial charge in [-0.15, -0.1) is 0 Å². The Balaban J connectivity index is 2.22. The van der Waals surface area contributed by atoms with Gasteiger partial charge in [-0.3, -0.25) is 4.79 Å². The van der Waals surface area contributed by atoms with Crippen LogP contribution in [0.4, 0.5) is 11.5 Å². The Bertz CT molecular complexity index is 572. The van der Waals surface area contributed by atoms with Gasteiger partial charge in [-0.05, 0) is 37.6 Å². The van der Waals surface area contributed by atoms with E-state index >= 15 is 0 Å². The monoisotopic (exact) mass is 283 g/mol. The molecule has 2 aromatic rings. The zero-order chi connectivity index (χ0) is 15.1. The van der Waals surface area contributed by atoms with Crippen LogP contribution in [0.2, 0.25) is 0 Å². The number of rotatable bonds is 6. The molecule has 4 nitrogen and oxygen atoms in total. The molecule has 1 heterocycles. The zero-order valence-electron chi connectivity index (χ0n) is 12.5. The number of pyridine rings is 1. The van der Waals surface area contributed by atoms with Crippen molar-refractivity contribution in [3.8, 4) is 0 Å². The first kappa shape index (κ1) is 15.0. The molecule has 0 spiro atoms. The molecule has 1 aromatic carbocycles. The van der Waals surface area contributed by atoms with Gasteiger partial charge < -0.3 is 10.6 Å². The van der Waals surface area contributed by atoms with E-state index in [2.05, 4.69) is 22.5 Å². The molecule has 0 radical (unpaired) electrons. The summed E-state index contributed by atoms with van der Waals surface area (Å²) < 4.78 is 0. The third kappa shape index (κ3) is 4.31. The van der Waals surface area contributed by atoms with Crippen LogP contribution in [0.1, 0.15) is 36.3 Å². The van der Waals surface area contributed by atoms with E-state index in [1.54, 1.807) is 6.07 Å². The van der Waals surface area contributed by atoms with Gasteiger partial charge >= 0.3 is 0 Å². The average molecular weight is 283 g/mol. The Labute approximate surface area is 125 Å². The molecule has 2 rings (SSSR count). The lowest BCUT2D eigenvalue weighted by Gasteiger charge is -2.10. The number of anilines is 2. The molecule has 4 heteroatoms. The van der Waals surface area contributed by atoms with Crippen LogP contribution in [0, 0.1) is 0 Å². The van der Waals surface area contributed by atoms with Crippen molar-refractivity contribution in [2.45, 2.75) is 26.7 Å². The maximum absolute atomic E-state index is 12.4. The van der Waals surface area contributed by atoms with Crippen LogP contribution in [0.3, 0.4) is 0 Å². The summed E-state index contributed by atoms with van der Waals surface area (Å²) in [6, 6.07) is 13.1. The highest BCUT2D eigenvalue weighted by Crippen LogP contribution is 2.14. The number of carbonyl (C=O) groups excluding carboxylic acids is 1. The average Bonchev–Trinajstić information content (AvgIpc) is 2.49. The van der Waals surface area contributed by atoms with Gasteiger partial charge in [0, 0.05) is 23.5 Å². The first-order valence-electron chi connectivity index (χ1n) is 7.34. The van der Waals surface area contributed by atoms with Gasteiger partial charge in [0.1, 0.15) is 5.82 Å². The third-order valence-electron chi connectivity index (χ3n) is 3.04. The molecule has 21 heavy (non-hydrogen) atoms. The maximum Gasteiger partial charge on any atom is 0.255 e. The molecule has 1 aromatic heterocycles. The van der Waals surface area contributed by atoms with E-state index in [0.29, 0.717) is 5.56 Å². The van der Waals surface area contributed by atoms with Crippen LogP contribution in [0.5, 0.6) is 0 Å². The van der Waals surface area contributed by atoms with E-state index in [4.69, 9.17) is 0 Å². The summed E-state index contributed by atoms with van der Waals surface area (Å²) in [5.41, 5.74) is 2.36. The molecule has 0 aliphatic heterocycles. The fourth-order valence-corrected chi connectivity index (χ4v) is 2.10. The second-order valence-corrected chi connectivity index (χ2v) is 4.83. The summed E-state index contributed by atoms with van der Waals surface area (Å²) in [5, 5.41) is 6.08. The van der Waals surface area contributed by atoms with Crippen LogP contribution >= 0.6 is 0 Å². The first-order chi connectivity index (χ1) is 10.2. The minimum Gasteiger partial charge on any atom is -0.370 e. The topological polar surface area (TPSA) is 54.0 Å². The van der Waals surface area contributed by atoms with Crippen molar-refractivity contribution in [2.24, 2.45) is 0 Å². The summed E-state index contributed by atoms with van der Waals surface area (Å²) >= 11 is 0. The predicted octanol–water partition coefficient (Wildman–Crippen LogP) is 3.72. The molecule has 0 saturated heterocycles. The highest BCUT2D eigenvalue weighted by atomic mass is 16.1. The summed E-state index contributed by atoms with van der Waals surface area (Å²) in [6.45, 7) is 4.89. The summed E-state index contributed by atoms with van der Waals surface area (Å²) in [4.78, 5) is 16.9.